The molecule has 152 valence electrons. The van der Waals surface area contributed by atoms with E-state index in [4.69, 9.17) is 14.5 Å². The standard InChI is InChI=1S/C22H21N5O3/c1-29-19-10-15-17(11-20(19)30-2)24-22(25-21(15)28)26-9-8-16-18(12-26)27(13-23-16)14-6-4-3-5-7-14/h3-7,10-11,13H,8-9,12H2,1-2H3,(H,24,25,28). The topological polar surface area (TPSA) is 85.3 Å². The number of fused-ring (bicyclic) bond motifs is 2. The van der Waals surface area contributed by atoms with E-state index in [0.717, 1.165) is 30.0 Å². The zero-order chi connectivity index (χ0) is 20.7. The van der Waals surface area contributed by atoms with Crippen molar-refractivity contribution in [3.05, 3.63) is 70.5 Å². The first-order valence-electron chi connectivity index (χ1n) is 9.69. The van der Waals surface area contributed by atoms with Crippen LogP contribution < -0.4 is 19.9 Å². The summed E-state index contributed by atoms with van der Waals surface area (Å²) in [5, 5.41) is 0.462. The maximum absolute atomic E-state index is 12.8. The third kappa shape index (κ3) is 2.97. The number of hydrogen-bond donors (Lipinski definition) is 1. The minimum atomic E-state index is -0.210. The Kier molecular flexibility index (Phi) is 4.39. The number of H-pyrrole nitrogens is 1. The molecule has 0 spiro atoms. The molecule has 1 aliphatic rings. The van der Waals surface area contributed by atoms with Crippen molar-refractivity contribution in [1.82, 2.24) is 19.5 Å². The lowest BCUT2D eigenvalue weighted by Crippen LogP contribution is -2.34. The summed E-state index contributed by atoms with van der Waals surface area (Å²) < 4.78 is 12.8. The van der Waals surface area contributed by atoms with Crippen LogP contribution in [0.15, 0.2) is 53.6 Å². The van der Waals surface area contributed by atoms with Crippen LogP contribution in [0.2, 0.25) is 0 Å². The summed E-state index contributed by atoms with van der Waals surface area (Å²) in [6.45, 7) is 1.33. The molecule has 8 heteroatoms. The first-order chi connectivity index (χ1) is 14.7. The minimum Gasteiger partial charge on any atom is -0.493 e. The van der Waals surface area contributed by atoms with Crippen molar-refractivity contribution < 1.29 is 9.47 Å². The second-order valence-electron chi connectivity index (χ2n) is 7.13. The zero-order valence-corrected chi connectivity index (χ0v) is 16.8. The molecule has 30 heavy (non-hydrogen) atoms. The molecule has 3 heterocycles. The van der Waals surface area contributed by atoms with E-state index in [9.17, 15) is 4.79 Å². The average molecular weight is 403 g/mol. The van der Waals surface area contributed by atoms with E-state index in [0.29, 0.717) is 34.9 Å². The van der Waals surface area contributed by atoms with Crippen molar-refractivity contribution in [2.45, 2.75) is 13.0 Å². The van der Waals surface area contributed by atoms with Crippen LogP contribution in [0.4, 0.5) is 5.95 Å². The quantitative estimate of drug-likeness (QED) is 0.564. The van der Waals surface area contributed by atoms with Gasteiger partial charge < -0.3 is 18.9 Å². The second kappa shape index (κ2) is 7.22. The second-order valence-corrected chi connectivity index (χ2v) is 7.13. The summed E-state index contributed by atoms with van der Waals surface area (Å²) in [7, 11) is 3.11. The van der Waals surface area contributed by atoms with Crippen molar-refractivity contribution in [3.63, 3.8) is 0 Å². The summed E-state index contributed by atoms with van der Waals surface area (Å²) in [5.74, 6) is 1.57. The SMILES string of the molecule is COc1cc2nc(N3CCc4ncn(-c5ccccc5)c4C3)[nH]c(=O)c2cc1OC. The van der Waals surface area contributed by atoms with Crippen LogP contribution in [0.1, 0.15) is 11.4 Å². The van der Waals surface area contributed by atoms with Crippen LogP contribution in [-0.2, 0) is 13.0 Å². The molecule has 1 N–H and O–H groups in total. The van der Waals surface area contributed by atoms with E-state index < -0.39 is 0 Å². The number of ether oxygens (including phenoxy) is 2. The van der Waals surface area contributed by atoms with Gasteiger partial charge in [-0.05, 0) is 18.2 Å². The van der Waals surface area contributed by atoms with Gasteiger partial charge in [-0.3, -0.25) is 9.78 Å². The molecule has 8 nitrogen and oxygen atoms in total. The first-order valence-corrected chi connectivity index (χ1v) is 9.69. The average Bonchev–Trinajstić information content (AvgIpc) is 3.22. The number of hydrogen-bond acceptors (Lipinski definition) is 6. The van der Waals surface area contributed by atoms with Crippen molar-refractivity contribution >= 4 is 16.9 Å². The van der Waals surface area contributed by atoms with Gasteiger partial charge in [-0.2, -0.15) is 0 Å². The molecule has 0 fully saturated rings. The molecule has 0 radical (unpaired) electrons. The highest BCUT2D eigenvalue weighted by molar-refractivity contribution is 5.82. The molecule has 0 bridgehead atoms. The predicted molar refractivity (Wildman–Crippen MR) is 114 cm³/mol. The van der Waals surface area contributed by atoms with Gasteiger partial charge in [0.15, 0.2) is 11.5 Å². The monoisotopic (exact) mass is 403 g/mol. The van der Waals surface area contributed by atoms with Crippen LogP contribution in [0.25, 0.3) is 16.6 Å². The Balaban J connectivity index is 1.55. The number of anilines is 1. The number of rotatable bonds is 4. The molecular formula is C22H21N5O3. The highest BCUT2D eigenvalue weighted by Gasteiger charge is 2.24. The minimum absolute atomic E-state index is 0.210. The Labute approximate surface area is 172 Å². The first kappa shape index (κ1) is 18.2. The predicted octanol–water partition coefficient (Wildman–Crippen LogP) is 2.69. The van der Waals surface area contributed by atoms with Gasteiger partial charge in [-0.1, -0.05) is 18.2 Å². The summed E-state index contributed by atoms with van der Waals surface area (Å²) >= 11 is 0. The van der Waals surface area contributed by atoms with Crippen molar-refractivity contribution in [2.75, 3.05) is 25.7 Å². The fourth-order valence-corrected chi connectivity index (χ4v) is 3.88. The molecule has 0 saturated carbocycles. The van der Waals surface area contributed by atoms with Gasteiger partial charge in [0.25, 0.3) is 5.56 Å². The molecule has 5 rings (SSSR count). The normalized spacial score (nSPS) is 13.3. The number of imidazole rings is 1. The lowest BCUT2D eigenvalue weighted by Gasteiger charge is -2.28. The van der Waals surface area contributed by atoms with Crippen LogP contribution in [0.3, 0.4) is 0 Å². The lowest BCUT2D eigenvalue weighted by atomic mass is 10.1. The van der Waals surface area contributed by atoms with Crippen molar-refractivity contribution in [3.8, 4) is 17.2 Å². The van der Waals surface area contributed by atoms with E-state index in [1.807, 2.05) is 24.5 Å². The molecule has 2 aromatic heterocycles. The Morgan fingerprint density at radius 1 is 1.07 bits per heavy atom. The Morgan fingerprint density at radius 3 is 2.60 bits per heavy atom. The van der Waals surface area contributed by atoms with Crippen LogP contribution in [-0.4, -0.2) is 40.3 Å². The number of aromatic amines is 1. The summed E-state index contributed by atoms with van der Waals surface area (Å²) in [5.41, 5.74) is 3.59. The lowest BCUT2D eigenvalue weighted by molar-refractivity contribution is 0.355. The number of nitrogens with zero attached hydrogens (tertiary/aromatic N) is 4. The Bertz CT molecular complexity index is 1280. The zero-order valence-electron chi connectivity index (χ0n) is 16.8. The largest absolute Gasteiger partial charge is 0.493 e. The number of benzene rings is 2. The maximum Gasteiger partial charge on any atom is 0.260 e. The van der Waals surface area contributed by atoms with Gasteiger partial charge in [-0.25, -0.2) is 9.97 Å². The molecule has 0 saturated heterocycles. The summed E-state index contributed by atoms with van der Waals surface area (Å²) in [4.78, 5) is 27.0. The molecule has 0 atom stereocenters. The summed E-state index contributed by atoms with van der Waals surface area (Å²) in [6.07, 6.45) is 2.64. The van der Waals surface area contributed by atoms with E-state index >= 15 is 0 Å². The van der Waals surface area contributed by atoms with Crippen molar-refractivity contribution in [2.24, 2.45) is 0 Å². The van der Waals surface area contributed by atoms with Gasteiger partial charge in [0.05, 0.1) is 49.4 Å². The third-order valence-electron chi connectivity index (χ3n) is 5.44. The number of para-hydroxylation sites is 1. The van der Waals surface area contributed by atoms with Gasteiger partial charge in [0.2, 0.25) is 5.95 Å². The molecule has 2 aromatic carbocycles. The van der Waals surface area contributed by atoms with Gasteiger partial charge in [0.1, 0.15) is 0 Å². The maximum atomic E-state index is 12.8. The third-order valence-corrected chi connectivity index (χ3v) is 5.44. The van der Waals surface area contributed by atoms with Crippen LogP contribution in [0.5, 0.6) is 11.5 Å². The fourth-order valence-electron chi connectivity index (χ4n) is 3.88. The van der Waals surface area contributed by atoms with Crippen LogP contribution >= 0.6 is 0 Å². The molecule has 0 amide bonds. The summed E-state index contributed by atoms with van der Waals surface area (Å²) in [6, 6.07) is 13.5. The van der Waals surface area contributed by atoms with Crippen molar-refractivity contribution in [1.29, 1.82) is 0 Å². The smallest absolute Gasteiger partial charge is 0.260 e. The Hall–Kier alpha value is -3.81. The van der Waals surface area contributed by atoms with Crippen LogP contribution in [0, 0.1) is 0 Å². The van der Waals surface area contributed by atoms with Gasteiger partial charge in [-0.15, -0.1) is 0 Å². The van der Waals surface area contributed by atoms with Gasteiger partial charge in [0, 0.05) is 24.7 Å². The molecular weight excluding hydrogens is 382 g/mol. The molecule has 1 aliphatic heterocycles. The molecule has 0 unspecified atom stereocenters. The number of aromatic nitrogens is 4. The van der Waals surface area contributed by atoms with E-state index in [2.05, 4.69) is 31.6 Å². The van der Waals surface area contributed by atoms with E-state index in [1.165, 1.54) is 0 Å². The highest BCUT2D eigenvalue weighted by atomic mass is 16.5. The molecule has 0 aliphatic carbocycles. The molecule has 4 aromatic rings. The Morgan fingerprint density at radius 2 is 1.83 bits per heavy atom. The fraction of sp³-hybridized carbons (Fsp3) is 0.227. The number of nitrogens with one attached hydrogen (secondary N) is 1. The number of methoxy groups -OCH3 is 2. The highest BCUT2D eigenvalue weighted by Crippen LogP contribution is 2.31. The van der Waals surface area contributed by atoms with E-state index in [-0.39, 0.29) is 5.56 Å². The van der Waals surface area contributed by atoms with E-state index in [1.54, 1.807) is 26.4 Å². The van der Waals surface area contributed by atoms with Gasteiger partial charge >= 0.3 is 0 Å².